The molecule has 0 aliphatic carbocycles. The molecular formula is C29H27NO8S2. The molecule has 0 N–H and O–H groups in total. The molecule has 9 nitrogen and oxygen atoms in total. The molecule has 4 rings (SSSR count). The third-order valence-corrected chi connectivity index (χ3v) is 8.81. The summed E-state index contributed by atoms with van der Waals surface area (Å²) in [6.45, 7) is 3.47. The largest absolute Gasteiger partial charge is 0.379 e. The van der Waals surface area contributed by atoms with Crippen molar-refractivity contribution in [2.24, 2.45) is 0 Å². The van der Waals surface area contributed by atoms with Crippen molar-refractivity contribution in [3.63, 3.8) is 0 Å². The van der Waals surface area contributed by atoms with E-state index in [1.54, 1.807) is 24.3 Å². The van der Waals surface area contributed by atoms with Gasteiger partial charge in [-0.15, -0.1) is 0 Å². The van der Waals surface area contributed by atoms with E-state index in [1.165, 1.54) is 12.1 Å². The second-order valence-corrected chi connectivity index (χ2v) is 12.3. The summed E-state index contributed by atoms with van der Waals surface area (Å²) in [7, 11) is -8.34. The fourth-order valence-electron chi connectivity index (χ4n) is 4.15. The predicted octanol–water partition coefficient (Wildman–Crippen LogP) is 5.91. The Balaban J connectivity index is 1.63. The van der Waals surface area contributed by atoms with Crippen LogP contribution in [0.5, 0.6) is 5.75 Å². The summed E-state index contributed by atoms with van der Waals surface area (Å²) >= 11 is 0. The third kappa shape index (κ3) is 6.92. The van der Waals surface area contributed by atoms with Crippen molar-refractivity contribution in [2.75, 3.05) is 6.61 Å². The fourth-order valence-corrected chi connectivity index (χ4v) is 6.03. The monoisotopic (exact) mass is 581 g/mol. The van der Waals surface area contributed by atoms with Crippen molar-refractivity contribution in [1.29, 1.82) is 0 Å². The lowest BCUT2D eigenvalue weighted by Crippen LogP contribution is -2.15. The molecule has 1 atom stereocenters. The van der Waals surface area contributed by atoms with Crippen LogP contribution in [-0.4, -0.2) is 28.4 Å². The predicted molar refractivity (Wildman–Crippen MR) is 149 cm³/mol. The Morgan fingerprint density at radius 2 is 1.32 bits per heavy atom. The quantitative estimate of drug-likeness (QED) is 0.121. The average molecular weight is 582 g/mol. The average Bonchev–Trinajstić information content (AvgIpc) is 2.93. The van der Waals surface area contributed by atoms with Gasteiger partial charge in [0.15, 0.2) is 0 Å². The van der Waals surface area contributed by atoms with Crippen LogP contribution in [0.15, 0.2) is 107 Å². The maximum Gasteiger partial charge on any atom is 0.339 e. The summed E-state index contributed by atoms with van der Waals surface area (Å²) in [5, 5.41) is 10.9. The highest BCUT2D eigenvalue weighted by molar-refractivity contribution is 7.87. The molecule has 0 saturated carbocycles. The standard InChI is InChI=1S/C29H27NO8S2/c1-21-8-13-26(14-9-21)40(35,36)38-29-17-10-22(2)20-28(29)27(23-6-4-3-5-7-23)18-19-37-39(33,34)25-15-11-24(12-16-25)30(31)32/h3-17,20,27H,18-19H2,1-2H3. The number of hydrogen-bond acceptors (Lipinski definition) is 8. The summed E-state index contributed by atoms with van der Waals surface area (Å²) < 4.78 is 62.6. The van der Waals surface area contributed by atoms with E-state index < -0.39 is 31.1 Å². The first-order valence-corrected chi connectivity index (χ1v) is 15.1. The van der Waals surface area contributed by atoms with Crippen LogP contribution in [0.4, 0.5) is 5.69 Å². The lowest BCUT2D eigenvalue weighted by molar-refractivity contribution is -0.384. The van der Waals surface area contributed by atoms with Gasteiger partial charge in [0.25, 0.3) is 15.8 Å². The van der Waals surface area contributed by atoms with Gasteiger partial charge in [-0.2, -0.15) is 16.8 Å². The number of benzene rings is 4. The molecule has 0 fully saturated rings. The van der Waals surface area contributed by atoms with Crippen molar-refractivity contribution in [1.82, 2.24) is 0 Å². The summed E-state index contributed by atoms with van der Waals surface area (Å²) in [5.74, 6) is -0.352. The number of nitro benzene ring substituents is 1. The minimum absolute atomic E-state index is 0.0124. The minimum atomic E-state index is -4.20. The molecule has 0 heterocycles. The maximum atomic E-state index is 13.1. The van der Waals surface area contributed by atoms with E-state index in [4.69, 9.17) is 8.37 Å². The second-order valence-electron chi connectivity index (χ2n) is 9.17. The molecule has 11 heteroatoms. The zero-order chi connectivity index (χ0) is 28.9. The molecule has 1 unspecified atom stereocenters. The summed E-state index contributed by atoms with van der Waals surface area (Å²) in [6.07, 6.45) is 0.167. The Morgan fingerprint density at radius 3 is 1.95 bits per heavy atom. The molecule has 0 bridgehead atoms. The van der Waals surface area contributed by atoms with Gasteiger partial charge in [-0.1, -0.05) is 65.7 Å². The van der Waals surface area contributed by atoms with Crippen LogP contribution in [-0.2, 0) is 24.4 Å². The topological polar surface area (TPSA) is 130 Å². The molecule has 0 aromatic heterocycles. The lowest BCUT2D eigenvalue weighted by atomic mass is 9.87. The van der Waals surface area contributed by atoms with Crippen molar-refractivity contribution >= 4 is 25.9 Å². The Kier molecular flexibility index (Phi) is 8.67. The summed E-state index contributed by atoms with van der Waals surface area (Å²) in [6, 6.07) is 25.1. The van der Waals surface area contributed by atoms with Gasteiger partial charge in [0.1, 0.15) is 10.6 Å². The number of hydrogen-bond donors (Lipinski definition) is 0. The van der Waals surface area contributed by atoms with Gasteiger partial charge >= 0.3 is 10.1 Å². The van der Waals surface area contributed by atoms with Crippen LogP contribution < -0.4 is 4.18 Å². The van der Waals surface area contributed by atoms with Crippen LogP contribution in [0.1, 0.15) is 34.6 Å². The Labute approximate surface area is 233 Å². The number of aryl methyl sites for hydroxylation is 2. The number of nitrogens with zero attached hydrogens (tertiary/aromatic N) is 1. The van der Waals surface area contributed by atoms with E-state index in [0.29, 0.717) is 5.56 Å². The van der Waals surface area contributed by atoms with E-state index in [2.05, 4.69) is 0 Å². The summed E-state index contributed by atoms with van der Waals surface area (Å²) in [4.78, 5) is 10.1. The zero-order valence-electron chi connectivity index (χ0n) is 21.8. The summed E-state index contributed by atoms with van der Waals surface area (Å²) in [5.41, 5.74) is 2.88. The first-order chi connectivity index (χ1) is 19.0. The van der Waals surface area contributed by atoms with Gasteiger partial charge in [0.05, 0.1) is 16.4 Å². The molecular weight excluding hydrogens is 554 g/mol. The van der Waals surface area contributed by atoms with Gasteiger partial charge in [0.2, 0.25) is 0 Å². The molecule has 4 aromatic carbocycles. The van der Waals surface area contributed by atoms with Crippen molar-refractivity contribution in [2.45, 2.75) is 36.0 Å². The highest BCUT2D eigenvalue weighted by Gasteiger charge is 2.25. The smallest absolute Gasteiger partial charge is 0.339 e. The lowest BCUT2D eigenvalue weighted by Gasteiger charge is -2.22. The molecule has 0 aliphatic rings. The number of nitro groups is 1. The van der Waals surface area contributed by atoms with Crippen molar-refractivity contribution in [3.05, 3.63) is 129 Å². The molecule has 40 heavy (non-hydrogen) atoms. The SMILES string of the molecule is Cc1ccc(S(=O)(=O)Oc2ccc(C)cc2C(CCOS(=O)(=O)c2ccc([N+](=O)[O-])cc2)c2ccccc2)cc1. The van der Waals surface area contributed by atoms with E-state index in [1.807, 2.05) is 50.2 Å². The Morgan fingerprint density at radius 1 is 0.750 bits per heavy atom. The fraction of sp³-hybridized carbons (Fsp3) is 0.172. The van der Waals surface area contributed by atoms with Crippen LogP contribution >= 0.6 is 0 Å². The van der Waals surface area contributed by atoms with Crippen LogP contribution in [0, 0.1) is 24.0 Å². The molecule has 0 spiro atoms. The number of rotatable bonds is 11. The van der Waals surface area contributed by atoms with Crippen molar-refractivity contribution < 1.29 is 30.1 Å². The van der Waals surface area contributed by atoms with Gasteiger partial charge < -0.3 is 4.18 Å². The highest BCUT2D eigenvalue weighted by Crippen LogP contribution is 2.37. The molecule has 0 amide bonds. The van der Waals surface area contributed by atoms with Gasteiger partial charge in [-0.25, -0.2) is 0 Å². The number of non-ortho nitro benzene ring substituents is 1. The molecule has 208 valence electrons. The van der Waals surface area contributed by atoms with Crippen LogP contribution in [0.25, 0.3) is 0 Å². The molecule has 0 aliphatic heterocycles. The first-order valence-electron chi connectivity index (χ1n) is 12.3. The highest BCUT2D eigenvalue weighted by atomic mass is 32.2. The molecule has 0 radical (unpaired) electrons. The van der Waals surface area contributed by atoms with E-state index in [9.17, 15) is 26.9 Å². The van der Waals surface area contributed by atoms with Gasteiger partial charge in [-0.3, -0.25) is 14.3 Å². The normalized spacial score (nSPS) is 12.6. The van der Waals surface area contributed by atoms with Crippen LogP contribution in [0.3, 0.4) is 0 Å². The van der Waals surface area contributed by atoms with E-state index >= 15 is 0 Å². The first kappa shape index (κ1) is 28.9. The second kappa shape index (κ2) is 12.0. The van der Waals surface area contributed by atoms with E-state index in [0.717, 1.165) is 41.0 Å². The molecule has 4 aromatic rings. The minimum Gasteiger partial charge on any atom is -0.379 e. The molecule has 0 saturated heterocycles. The maximum absolute atomic E-state index is 13.1. The van der Waals surface area contributed by atoms with Crippen molar-refractivity contribution in [3.8, 4) is 5.75 Å². The Hall–Kier alpha value is -4.06. The zero-order valence-corrected chi connectivity index (χ0v) is 23.4. The van der Waals surface area contributed by atoms with E-state index in [-0.39, 0.29) is 34.3 Å². The van der Waals surface area contributed by atoms with Crippen LogP contribution in [0.2, 0.25) is 0 Å². The van der Waals surface area contributed by atoms with Gasteiger partial charge in [-0.05, 0) is 56.2 Å². The van der Waals surface area contributed by atoms with Gasteiger partial charge in [0, 0.05) is 23.6 Å². The Bertz CT molecular complexity index is 1700. The third-order valence-electron chi connectivity index (χ3n) is 6.23.